The second-order valence-corrected chi connectivity index (χ2v) is 4.90. The van der Waals surface area contributed by atoms with E-state index in [-0.39, 0.29) is 5.56 Å². The van der Waals surface area contributed by atoms with E-state index in [0.717, 1.165) is 24.7 Å². The zero-order chi connectivity index (χ0) is 13.0. The number of nitrogens with zero attached hydrogens (tertiary/aromatic N) is 3. The molecule has 96 valence electrons. The maximum atomic E-state index is 11.9. The second-order valence-electron chi connectivity index (χ2n) is 4.90. The molecule has 1 aromatic rings. The van der Waals surface area contributed by atoms with Gasteiger partial charge in [-0.15, -0.1) is 12.3 Å². The third kappa shape index (κ3) is 2.92. The van der Waals surface area contributed by atoms with E-state index >= 15 is 0 Å². The average Bonchev–Trinajstić information content (AvgIpc) is 2.38. The minimum Gasteiger partial charge on any atom is -0.370 e. The summed E-state index contributed by atoms with van der Waals surface area (Å²) in [5, 5.41) is 4.18. The van der Waals surface area contributed by atoms with E-state index < -0.39 is 0 Å². The van der Waals surface area contributed by atoms with Gasteiger partial charge in [0.2, 0.25) is 0 Å². The summed E-state index contributed by atoms with van der Waals surface area (Å²) in [5.41, 5.74) is 0.866. The fraction of sp³-hybridized carbons (Fsp3) is 0.571. The van der Waals surface area contributed by atoms with Crippen molar-refractivity contribution in [3.8, 4) is 12.3 Å². The highest BCUT2D eigenvalue weighted by Crippen LogP contribution is 2.20. The number of rotatable bonds is 3. The minimum atomic E-state index is -0.0682. The van der Waals surface area contributed by atoms with Gasteiger partial charge in [0.1, 0.15) is 0 Å². The van der Waals surface area contributed by atoms with E-state index in [9.17, 15) is 4.79 Å². The summed E-state index contributed by atoms with van der Waals surface area (Å²) in [7, 11) is 0. The molecule has 0 spiro atoms. The smallest absolute Gasteiger partial charge is 0.268 e. The second kappa shape index (κ2) is 5.72. The van der Waals surface area contributed by atoms with Crippen LogP contribution in [0.25, 0.3) is 0 Å². The highest BCUT2D eigenvalue weighted by molar-refractivity contribution is 5.43. The number of aromatic nitrogens is 2. The fourth-order valence-corrected chi connectivity index (χ4v) is 2.20. The molecule has 1 aromatic heterocycles. The summed E-state index contributed by atoms with van der Waals surface area (Å²) in [6, 6.07) is 1.67. The largest absolute Gasteiger partial charge is 0.370 e. The van der Waals surface area contributed by atoms with Crippen molar-refractivity contribution in [2.45, 2.75) is 32.7 Å². The number of terminal acetylenes is 1. The molecule has 18 heavy (non-hydrogen) atoms. The Morgan fingerprint density at radius 2 is 2.22 bits per heavy atom. The number of hydrogen-bond acceptors (Lipinski definition) is 3. The molecule has 4 heteroatoms. The van der Waals surface area contributed by atoms with Crippen molar-refractivity contribution in [1.82, 2.24) is 9.78 Å². The molecule has 0 unspecified atom stereocenters. The first-order valence-electron chi connectivity index (χ1n) is 6.46. The van der Waals surface area contributed by atoms with Crippen LogP contribution in [0.3, 0.4) is 0 Å². The number of anilines is 1. The van der Waals surface area contributed by atoms with E-state index in [2.05, 4.69) is 22.8 Å². The Balaban J connectivity index is 2.09. The zero-order valence-electron chi connectivity index (χ0n) is 10.8. The standard InChI is InChI=1S/C14H19N3O/c1-3-4-7-17-14(18)10-13(11-15-17)16-8-5-12(2)6-9-16/h1,10-12H,4-9H2,2H3. The van der Waals surface area contributed by atoms with E-state index in [0.29, 0.717) is 13.0 Å². The van der Waals surface area contributed by atoms with Crippen LogP contribution in [0.5, 0.6) is 0 Å². The summed E-state index contributed by atoms with van der Waals surface area (Å²) >= 11 is 0. The van der Waals surface area contributed by atoms with Gasteiger partial charge in [-0.2, -0.15) is 5.10 Å². The van der Waals surface area contributed by atoms with Gasteiger partial charge in [0, 0.05) is 25.6 Å². The van der Waals surface area contributed by atoms with Crippen LogP contribution in [0.4, 0.5) is 5.69 Å². The lowest BCUT2D eigenvalue weighted by molar-refractivity contribution is 0.437. The van der Waals surface area contributed by atoms with Gasteiger partial charge in [0.25, 0.3) is 5.56 Å². The van der Waals surface area contributed by atoms with E-state index in [4.69, 9.17) is 6.42 Å². The van der Waals surface area contributed by atoms with Crippen molar-refractivity contribution < 1.29 is 0 Å². The summed E-state index contributed by atoms with van der Waals surface area (Å²) < 4.78 is 1.43. The van der Waals surface area contributed by atoms with Crippen LogP contribution in [-0.2, 0) is 6.54 Å². The Bertz CT molecular complexity index is 492. The van der Waals surface area contributed by atoms with E-state index in [1.54, 1.807) is 12.3 Å². The topological polar surface area (TPSA) is 38.1 Å². The van der Waals surface area contributed by atoms with Crippen molar-refractivity contribution in [2.24, 2.45) is 5.92 Å². The van der Waals surface area contributed by atoms with Crippen LogP contribution in [0.15, 0.2) is 17.1 Å². The molecule has 0 bridgehead atoms. The number of piperidine rings is 1. The van der Waals surface area contributed by atoms with Crippen molar-refractivity contribution in [3.05, 3.63) is 22.6 Å². The molecule has 0 amide bonds. The van der Waals surface area contributed by atoms with Gasteiger partial charge in [-0.3, -0.25) is 4.79 Å². The van der Waals surface area contributed by atoms with Crippen LogP contribution >= 0.6 is 0 Å². The van der Waals surface area contributed by atoms with Crippen molar-refractivity contribution in [2.75, 3.05) is 18.0 Å². The molecule has 0 aromatic carbocycles. The van der Waals surface area contributed by atoms with E-state index in [1.165, 1.54) is 17.5 Å². The molecular formula is C14H19N3O. The third-order valence-electron chi connectivity index (χ3n) is 3.47. The Morgan fingerprint density at radius 1 is 1.50 bits per heavy atom. The highest BCUT2D eigenvalue weighted by Gasteiger charge is 2.16. The van der Waals surface area contributed by atoms with Crippen LogP contribution in [0, 0.1) is 18.3 Å². The van der Waals surface area contributed by atoms with Crippen molar-refractivity contribution in [3.63, 3.8) is 0 Å². The maximum absolute atomic E-state index is 11.9. The Hall–Kier alpha value is -1.76. The minimum absolute atomic E-state index is 0.0682. The molecule has 0 atom stereocenters. The first kappa shape index (κ1) is 12.7. The lowest BCUT2D eigenvalue weighted by atomic mass is 9.99. The molecule has 0 saturated carbocycles. The van der Waals surface area contributed by atoms with Crippen LogP contribution in [0.1, 0.15) is 26.2 Å². The van der Waals surface area contributed by atoms with Gasteiger partial charge in [-0.05, 0) is 18.8 Å². The van der Waals surface area contributed by atoms with Gasteiger partial charge in [0.05, 0.1) is 18.4 Å². The Labute approximate surface area is 108 Å². The van der Waals surface area contributed by atoms with Gasteiger partial charge >= 0.3 is 0 Å². The van der Waals surface area contributed by atoms with Crippen LogP contribution in [0.2, 0.25) is 0 Å². The SMILES string of the molecule is C#CCCn1ncc(N2CCC(C)CC2)cc1=O. The van der Waals surface area contributed by atoms with Crippen molar-refractivity contribution in [1.29, 1.82) is 0 Å². The molecule has 1 aliphatic heterocycles. The summed E-state index contributed by atoms with van der Waals surface area (Å²) in [6.07, 6.45) is 9.85. The quantitative estimate of drug-likeness (QED) is 0.757. The molecule has 0 aliphatic carbocycles. The first-order chi connectivity index (χ1) is 8.70. The van der Waals surface area contributed by atoms with Gasteiger partial charge in [0.15, 0.2) is 0 Å². The van der Waals surface area contributed by atoms with Crippen LogP contribution in [-0.4, -0.2) is 22.9 Å². The predicted molar refractivity (Wildman–Crippen MR) is 72.6 cm³/mol. The highest BCUT2D eigenvalue weighted by atomic mass is 16.1. The molecule has 2 heterocycles. The molecule has 4 nitrogen and oxygen atoms in total. The number of hydrogen-bond donors (Lipinski definition) is 0. The molecule has 1 aliphatic rings. The lowest BCUT2D eigenvalue weighted by Crippen LogP contribution is -2.34. The maximum Gasteiger partial charge on any atom is 0.268 e. The zero-order valence-corrected chi connectivity index (χ0v) is 10.8. The predicted octanol–water partition coefficient (Wildman–Crippen LogP) is 1.50. The third-order valence-corrected chi connectivity index (χ3v) is 3.47. The van der Waals surface area contributed by atoms with Gasteiger partial charge in [-0.1, -0.05) is 6.92 Å². The summed E-state index contributed by atoms with van der Waals surface area (Å²) in [4.78, 5) is 14.1. The van der Waals surface area contributed by atoms with Gasteiger partial charge in [-0.25, -0.2) is 4.68 Å². The Kier molecular flexibility index (Phi) is 4.03. The molecule has 0 N–H and O–H groups in total. The number of aryl methyl sites for hydroxylation is 1. The lowest BCUT2D eigenvalue weighted by Gasteiger charge is -2.31. The fourth-order valence-electron chi connectivity index (χ4n) is 2.20. The molecule has 2 rings (SSSR count). The molecular weight excluding hydrogens is 226 g/mol. The molecule has 1 saturated heterocycles. The molecule has 1 fully saturated rings. The average molecular weight is 245 g/mol. The van der Waals surface area contributed by atoms with Gasteiger partial charge < -0.3 is 4.90 Å². The summed E-state index contributed by atoms with van der Waals surface area (Å²) in [5.74, 6) is 3.30. The monoisotopic (exact) mass is 245 g/mol. The first-order valence-corrected chi connectivity index (χ1v) is 6.46. The Morgan fingerprint density at radius 3 is 2.83 bits per heavy atom. The van der Waals surface area contributed by atoms with E-state index in [1.807, 2.05) is 0 Å². The summed E-state index contributed by atoms with van der Waals surface area (Å²) in [6.45, 7) is 4.79. The molecule has 0 radical (unpaired) electrons. The van der Waals surface area contributed by atoms with Crippen molar-refractivity contribution >= 4 is 5.69 Å². The van der Waals surface area contributed by atoms with Crippen LogP contribution < -0.4 is 10.5 Å². The normalized spacial score (nSPS) is 16.6.